The van der Waals surface area contributed by atoms with E-state index in [-0.39, 0.29) is 0 Å². The smallest absolute Gasteiger partial charge is 0.407 e. The Morgan fingerprint density at radius 3 is 2.41 bits per heavy atom. The Hall–Kier alpha value is -3.03. The van der Waals surface area contributed by atoms with Crippen molar-refractivity contribution >= 4 is 12.1 Å². The van der Waals surface area contributed by atoms with E-state index in [4.69, 9.17) is 4.74 Å². The number of alkyl carbamates (subject to hydrolysis) is 1. The summed E-state index contributed by atoms with van der Waals surface area (Å²) in [4.78, 5) is 20.3. The molecule has 0 aliphatic heterocycles. The predicted octanol–water partition coefficient (Wildman–Crippen LogP) is 2.51. The number of ether oxygens (including phenoxy) is 1. The highest BCUT2D eigenvalue weighted by atomic mass is 16.6. The van der Waals surface area contributed by atoms with Crippen LogP contribution >= 0.6 is 0 Å². The first-order valence-corrected chi connectivity index (χ1v) is 9.88. The highest BCUT2D eigenvalue weighted by molar-refractivity contribution is 5.79. The number of hydrogen-bond acceptors (Lipinski definition) is 4. The number of guanidine groups is 1. The molecule has 0 spiro atoms. The van der Waals surface area contributed by atoms with E-state index >= 15 is 0 Å². The molecule has 0 saturated heterocycles. The van der Waals surface area contributed by atoms with Gasteiger partial charge >= 0.3 is 6.09 Å². The van der Waals surface area contributed by atoms with E-state index in [1.807, 2.05) is 44.8 Å². The molecule has 0 fully saturated rings. The Balaban J connectivity index is 1.78. The van der Waals surface area contributed by atoms with Crippen molar-refractivity contribution in [1.82, 2.24) is 25.5 Å². The van der Waals surface area contributed by atoms with Gasteiger partial charge in [-0.15, -0.1) is 0 Å². The van der Waals surface area contributed by atoms with Crippen molar-refractivity contribution in [2.24, 2.45) is 4.99 Å². The van der Waals surface area contributed by atoms with Gasteiger partial charge in [0.05, 0.1) is 12.9 Å². The van der Waals surface area contributed by atoms with Crippen LogP contribution in [0.15, 0.2) is 48.0 Å². The number of aromatic nitrogens is 2. The number of benzene rings is 1. The van der Waals surface area contributed by atoms with Gasteiger partial charge in [-0.2, -0.15) is 0 Å². The van der Waals surface area contributed by atoms with Gasteiger partial charge < -0.3 is 25.3 Å². The van der Waals surface area contributed by atoms with Crippen molar-refractivity contribution in [3.05, 3.63) is 54.1 Å². The van der Waals surface area contributed by atoms with Gasteiger partial charge in [-0.25, -0.2) is 14.8 Å². The first kappa shape index (κ1) is 22.3. The molecule has 8 nitrogen and oxygen atoms in total. The maximum absolute atomic E-state index is 11.7. The van der Waals surface area contributed by atoms with E-state index in [0.717, 1.165) is 18.7 Å². The molecule has 2 rings (SSSR count). The SMILES string of the molecule is CCNC(=NCc1ccc(Cn2ccnc2)cc1)NCCNC(=O)OC(C)(C)C. The third-order valence-electron chi connectivity index (χ3n) is 3.80. The van der Waals surface area contributed by atoms with Crippen LogP contribution in [0.3, 0.4) is 0 Å². The van der Waals surface area contributed by atoms with Crippen molar-refractivity contribution in [2.45, 2.75) is 46.4 Å². The van der Waals surface area contributed by atoms with Crippen LogP contribution in [0.25, 0.3) is 0 Å². The van der Waals surface area contributed by atoms with E-state index in [1.54, 1.807) is 6.20 Å². The second-order valence-electron chi connectivity index (χ2n) is 7.60. The second kappa shape index (κ2) is 11.1. The molecule has 29 heavy (non-hydrogen) atoms. The van der Waals surface area contributed by atoms with Crippen LogP contribution < -0.4 is 16.0 Å². The minimum absolute atomic E-state index is 0.419. The van der Waals surface area contributed by atoms with E-state index in [1.165, 1.54) is 5.56 Å². The van der Waals surface area contributed by atoms with Gasteiger partial charge in [-0.1, -0.05) is 24.3 Å². The summed E-state index contributed by atoms with van der Waals surface area (Å²) in [7, 11) is 0. The Morgan fingerprint density at radius 2 is 1.79 bits per heavy atom. The van der Waals surface area contributed by atoms with Crippen LogP contribution in [0.4, 0.5) is 4.79 Å². The number of nitrogens with one attached hydrogen (secondary N) is 3. The summed E-state index contributed by atoms with van der Waals surface area (Å²) >= 11 is 0. The normalized spacial score (nSPS) is 11.8. The second-order valence-corrected chi connectivity index (χ2v) is 7.60. The van der Waals surface area contributed by atoms with Crippen molar-refractivity contribution in [1.29, 1.82) is 0 Å². The zero-order chi connectivity index (χ0) is 21.1. The van der Waals surface area contributed by atoms with Crippen LogP contribution in [0.2, 0.25) is 0 Å². The molecule has 1 aromatic carbocycles. The lowest BCUT2D eigenvalue weighted by molar-refractivity contribution is 0.0529. The van der Waals surface area contributed by atoms with Gasteiger partial charge in [-0.3, -0.25) is 0 Å². The van der Waals surface area contributed by atoms with Crippen molar-refractivity contribution in [3.8, 4) is 0 Å². The predicted molar refractivity (Wildman–Crippen MR) is 115 cm³/mol. The molecular weight excluding hydrogens is 368 g/mol. The molecule has 0 aliphatic rings. The topological polar surface area (TPSA) is 92.6 Å². The van der Waals surface area contributed by atoms with E-state index in [0.29, 0.717) is 25.6 Å². The average molecular weight is 401 g/mol. The molecule has 0 radical (unpaired) electrons. The fourth-order valence-corrected chi connectivity index (χ4v) is 2.51. The first-order chi connectivity index (χ1) is 13.9. The minimum Gasteiger partial charge on any atom is -0.444 e. The number of carbonyl (C=O) groups excluding carboxylic acids is 1. The number of carbonyl (C=O) groups is 1. The fraction of sp³-hybridized carbons (Fsp3) is 0.476. The Labute approximate surface area is 172 Å². The Morgan fingerprint density at radius 1 is 1.10 bits per heavy atom. The quantitative estimate of drug-likeness (QED) is 0.360. The molecule has 0 aliphatic carbocycles. The van der Waals surface area contributed by atoms with Crippen LogP contribution in [0.1, 0.15) is 38.8 Å². The highest BCUT2D eigenvalue weighted by Gasteiger charge is 2.15. The van der Waals surface area contributed by atoms with Crippen molar-refractivity contribution < 1.29 is 9.53 Å². The first-order valence-electron chi connectivity index (χ1n) is 9.88. The van der Waals surface area contributed by atoms with Crippen LogP contribution in [0, 0.1) is 0 Å². The van der Waals surface area contributed by atoms with Crippen molar-refractivity contribution in [3.63, 3.8) is 0 Å². The van der Waals surface area contributed by atoms with Gasteiger partial charge in [0.15, 0.2) is 5.96 Å². The number of amides is 1. The molecule has 0 bridgehead atoms. The summed E-state index contributed by atoms with van der Waals surface area (Å²) in [6.07, 6.45) is 5.12. The lowest BCUT2D eigenvalue weighted by atomic mass is 10.1. The maximum Gasteiger partial charge on any atom is 0.407 e. The third-order valence-corrected chi connectivity index (χ3v) is 3.80. The van der Waals surface area contributed by atoms with E-state index in [9.17, 15) is 4.79 Å². The maximum atomic E-state index is 11.7. The summed E-state index contributed by atoms with van der Waals surface area (Å²) in [5, 5.41) is 9.14. The molecule has 3 N–H and O–H groups in total. The van der Waals surface area contributed by atoms with Crippen LogP contribution in [-0.2, 0) is 17.8 Å². The highest BCUT2D eigenvalue weighted by Crippen LogP contribution is 2.08. The van der Waals surface area contributed by atoms with Crippen LogP contribution in [-0.4, -0.2) is 46.8 Å². The number of rotatable bonds is 8. The summed E-state index contributed by atoms with van der Waals surface area (Å²) < 4.78 is 7.24. The lowest BCUT2D eigenvalue weighted by Crippen LogP contribution is -2.42. The van der Waals surface area contributed by atoms with Crippen molar-refractivity contribution in [2.75, 3.05) is 19.6 Å². The Kier molecular flexibility index (Phi) is 8.51. The van der Waals surface area contributed by atoms with Gasteiger partial charge in [-0.05, 0) is 38.8 Å². The summed E-state index contributed by atoms with van der Waals surface area (Å²) in [6.45, 7) is 10.7. The zero-order valence-electron chi connectivity index (χ0n) is 17.7. The van der Waals surface area contributed by atoms with Gasteiger partial charge in [0, 0.05) is 38.6 Å². The molecule has 2 aromatic rings. The Bertz CT molecular complexity index is 763. The monoisotopic (exact) mass is 400 g/mol. The summed E-state index contributed by atoms with van der Waals surface area (Å²) in [5.74, 6) is 0.709. The molecule has 1 aromatic heterocycles. The molecule has 158 valence electrons. The molecule has 0 atom stereocenters. The summed E-state index contributed by atoms with van der Waals surface area (Å²) in [6, 6.07) is 8.39. The van der Waals surface area contributed by atoms with E-state index in [2.05, 4.69) is 50.2 Å². The zero-order valence-corrected chi connectivity index (χ0v) is 17.7. The lowest BCUT2D eigenvalue weighted by Gasteiger charge is -2.19. The molecule has 8 heteroatoms. The van der Waals surface area contributed by atoms with Gasteiger partial charge in [0.1, 0.15) is 5.60 Å². The summed E-state index contributed by atoms with van der Waals surface area (Å²) in [5.41, 5.74) is 1.85. The largest absolute Gasteiger partial charge is 0.444 e. The molecule has 1 heterocycles. The molecule has 0 unspecified atom stereocenters. The number of hydrogen-bond donors (Lipinski definition) is 3. The third kappa shape index (κ3) is 9.14. The van der Waals surface area contributed by atoms with E-state index < -0.39 is 11.7 Å². The van der Waals surface area contributed by atoms with Gasteiger partial charge in [0.2, 0.25) is 0 Å². The number of nitrogens with zero attached hydrogens (tertiary/aromatic N) is 3. The molecular formula is C21H32N6O2. The minimum atomic E-state index is -0.498. The average Bonchev–Trinajstić information content (AvgIpc) is 3.16. The fourth-order valence-electron chi connectivity index (χ4n) is 2.51. The number of aliphatic imine (C=N–C) groups is 1. The molecule has 1 amide bonds. The van der Waals surface area contributed by atoms with Gasteiger partial charge in [0.25, 0.3) is 0 Å². The standard InChI is InChI=1S/C21H32N6O2/c1-5-23-19(24-10-11-25-20(28)29-21(2,3)4)26-14-17-6-8-18(9-7-17)15-27-13-12-22-16-27/h6-9,12-13,16H,5,10-11,14-15H2,1-4H3,(H,25,28)(H2,23,24,26). The number of imidazole rings is 1. The molecule has 0 saturated carbocycles. The van der Waals surface area contributed by atoms with Crippen LogP contribution in [0.5, 0.6) is 0 Å².